The summed E-state index contributed by atoms with van der Waals surface area (Å²) in [6.45, 7) is 1.86. The van der Waals surface area contributed by atoms with E-state index in [9.17, 15) is 5.11 Å². The van der Waals surface area contributed by atoms with Crippen molar-refractivity contribution in [2.24, 2.45) is 5.16 Å². The van der Waals surface area contributed by atoms with Gasteiger partial charge in [0.1, 0.15) is 0 Å². The minimum absolute atomic E-state index is 0.0438. The topological polar surface area (TPSA) is 41.8 Å². The fraction of sp³-hybridized carbons (Fsp3) is 0.364. The molecule has 0 amide bonds. The van der Waals surface area contributed by atoms with E-state index < -0.39 is 5.60 Å². The van der Waals surface area contributed by atoms with Gasteiger partial charge in [-0.25, -0.2) is 0 Å². The Kier molecular flexibility index (Phi) is 2.25. The zero-order chi connectivity index (χ0) is 10.0. The Bertz CT molecular complexity index is 348. The maximum Gasteiger partial charge on any atom is 0.190 e. The predicted molar refractivity (Wildman–Crippen MR) is 54.0 cm³/mol. The van der Waals surface area contributed by atoms with Crippen LogP contribution in [0.4, 0.5) is 0 Å². The van der Waals surface area contributed by atoms with Gasteiger partial charge in [0.2, 0.25) is 0 Å². The summed E-state index contributed by atoms with van der Waals surface area (Å²) < 4.78 is 0. The van der Waals surface area contributed by atoms with Gasteiger partial charge in [0.05, 0.1) is 12.3 Å². The van der Waals surface area contributed by atoms with Crippen molar-refractivity contribution < 1.29 is 9.94 Å². The van der Waals surface area contributed by atoms with E-state index in [1.807, 2.05) is 37.3 Å². The van der Waals surface area contributed by atoms with Gasteiger partial charge in [-0.2, -0.15) is 0 Å². The molecular weight excluding hydrogens is 178 g/mol. The molecule has 0 unspecified atom stereocenters. The van der Waals surface area contributed by atoms with Crippen LogP contribution in [-0.4, -0.2) is 17.4 Å². The third-order valence-corrected chi connectivity index (χ3v) is 2.47. The van der Waals surface area contributed by atoms with E-state index in [1.165, 1.54) is 0 Å². The van der Waals surface area contributed by atoms with Gasteiger partial charge in [-0.1, -0.05) is 35.5 Å². The Labute approximate surface area is 83.0 Å². The standard InChI is InChI=1S/C11H13NO2/c1-9-7-11(8-13,14-12-9)10-5-3-2-4-6-10/h2-6,13H,7-8H2,1H3/t11-/m0/s1. The lowest BCUT2D eigenvalue weighted by Gasteiger charge is -2.24. The van der Waals surface area contributed by atoms with Crippen molar-refractivity contribution in [2.45, 2.75) is 18.9 Å². The van der Waals surface area contributed by atoms with E-state index >= 15 is 0 Å². The first-order chi connectivity index (χ1) is 6.77. The number of hydrogen-bond acceptors (Lipinski definition) is 3. The highest BCUT2D eigenvalue weighted by molar-refractivity contribution is 5.83. The average molecular weight is 191 g/mol. The monoisotopic (exact) mass is 191 g/mol. The summed E-state index contributed by atoms with van der Waals surface area (Å²) in [6.07, 6.45) is 0.660. The predicted octanol–water partition coefficient (Wildman–Crippen LogP) is 1.67. The van der Waals surface area contributed by atoms with E-state index in [1.54, 1.807) is 0 Å². The lowest BCUT2D eigenvalue weighted by Crippen LogP contribution is -2.30. The molecule has 0 radical (unpaired) electrons. The number of aliphatic hydroxyl groups is 1. The molecule has 0 aromatic heterocycles. The second-order valence-corrected chi connectivity index (χ2v) is 3.61. The van der Waals surface area contributed by atoms with Crippen molar-refractivity contribution in [1.82, 2.24) is 0 Å². The third kappa shape index (κ3) is 1.40. The van der Waals surface area contributed by atoms with Crippen LogP contribution in [0.25, 0.3) is 0 Å². The van der Waals surface area contributed by atoms with Crippen molar-refractivity contribution in [3.8, 4) is 0 Å². The Morgan fingerprint density at radius 1 is 1.43 bits per heavy atom. The van der Waals surface area contributed by atoms with Crippen LogP contribution in [-0.2, 0) is 10.4 Å². The summed E-state index contributed by atoms with van der Waals surface area (Å²) >= 11 is 0. The van der Waals surface area contributed by atoms with E-state index in [-0.39, 0.29) is 6.61 Å². The van der Waals surface area contributed by atoms with Crippen LogP contribution in [0.3, 0.4) is 0 Å². The fourth-order valence-corrected chi connectivity index (χ4v) is 1.72. The van der Waals surface area contributed by atoms with Crippen molar-refractivity contribution in [3.63, 3.8) is 0 Å². The first kappa shape index (κ1) is 9.21. The molecule has 0 aliphatic carbocycles. The molecule has 14 heavy (non-hydrogen) atoms. The maximum atomic E-state index is 9.39. The molecule has 1 aliphatic rings. The second kappa shape index (κ2) is 3.42. The van der Waals surface area contributed by atoms with E-state index in [0.29, 0.717) is 6.42 Å². The average Bonchev–Trinajstić information content (AvgIpc) is 2.63. The molecule has 0 spiro atoms. The minimum Gasteiger partial charge on any atom is -0.392 e. The SMILES string of the molecule is CC1=NO[C@@](CO)(c2ccccc2)C1. The molecule has 3 heteroatoms. The van der Waals surface area contributed by atoms with Crippen molar-refractivity contribution in [1.29, 1.82) is 0 Å². The molecule has 1 heterocycles. The number of aliphatic hydroxyl groups excluding tert-OH is 1. The summed E-state index contributed by atoms with van der Waals surface area (Å²) in [7, 11) is 0. The van der Waals surface area contributed by atoms with E-state index in [0.717, 1.165) is 11.3 Å². The number of benzene rings is 1. The quantitative estimate of drug-likeness (QED) is 0.772. The van der Waals surface area contributed by atoms with E-state index in [4.69, 9.17) is 4.84 Å². The largest absolute Gasteiger partial charge is 0.392 e. The first-order valence-corrected chi connectivity index (χ1v) is 4.65. The molecule has 74 valence electrons. The van der Waals surface area contributed by atoms with Gasteiger partial charge < -0.3 is 9.94 Å². The highest BCUT2D eigenvalue weighted by Gasteiger charge is 2.38. The van der Waals surface area contributed by atoms with Crippen LogP contribution < -0.4 is 0 Å². The van der Waals surface area contributed by atoms with Gasteiger partial charge in [0.25, 0.3) is 0 Å². The third-order valence-electron chi connectivity index (χ3n) is 2.47. The Morgan fingerprint density at radius 3 is 2.64 bits per heavy atom. The molecule has 1 atom stereocenters. The molecule has 0 bridgehead atoms. The summed E-state index contributed by atoms with van der Waals surface area (Å²) in [5, 5.41) is 13.3. The fourth-order valence-electron chi connectivity index (χ4n) is 1.72. The second-order valence-electron chi connectivity index (χ2n) is 3.61. The van der Waals surface area contributed by atoms with Gasteiger partial charge in [0, 0.05) is 12.0 Å². The lowest BCUT2D eigenvalue weighted by atomic mass is 9.90. The highest BCUT2D eigenvalue weighted by Crippen LogP contribution is 2.33. The molecule has 0 saturated carbocycles. The highest BCUT2D eigenvalue weighted by atomic mass is 16.7. The lowest BCUT2D eigenvalue weighted by molar-refractivity contribution is -0.0620. The van der Waals surface area contributed by atoms with Crippen LogP contribution in [0.2, 0.25) is 0 Å². The smallest absolute Gasteiger partial charge is 0.190 e. The molecule has 0 saturated heterocycles. The molecular formula is C11H13NO2. The maximum absolute atomic E-state index is 9.39. The normalized spacial score (nSPS) is 25.7. The number of oxime groups is 1. The number of hydrogen-bond donors (Lipinski definition) is 1. The Morgan fingerprint density at radius 2 is 2.14 bits per heavy atom. The minimum atomic E-state index is -0.647. The molecule has 1 aromatic rings. The van der Waals surface area contributed by atoms with Crippen LogP contribution in [0.15, 0.2) is 35.5 Å². The molecule has 1 N–H and O–H groups in total. The summed E-state index contributed by atoms with van der Waals surface area (Å²) in [4.78, 5) is 5.33. The summed E-state index contributed by atoms with van der Waals surface area (Å²) in [5.74, 6) is 0. The zero-order valence-electron chi connectivity index (χ0n) is 8.10. The van der Waals surface area contributed by atoms with Crippen molar-refractivity contribution in [3.05, 3.63) is 35.9 Å². The van der Waals surface area contributed by atoms with Crippen LogP contribution in [0.5, 0.6) is 0 Å². The Balaban J connectivity index is 2.32. The summed E-state index contributed by atoms with van der Waals surface area (Å²) in [6, 6.07) is 9.71. The molecule has 3 nitrogen and oxygen atoms in total. The number of nitrogens with zero attached hydrogens (tertiary/aromatic N) is 1. The van der Waals surface area contributed by atoms with Crippen molar-refractivity contribution in [2.75, 3.05) is 6.61 Å². The van der Waals surface area contributed by atoms with Crippen molar-refractivity contribution >= 4 is 5.71 Å². The number of rotatable bonds is 2. The van der Waals surface area contributed by atoms with Gasteiger partial charge >= 0.3 is 0 Å². The van der Waals surface area contributed by atoms with Gasteiger partial charge in [-0.15, -0.1) is 0 Å². The first-order valence-electron chi connectivity index (χ1n) is 4.65. The molecule has 1 aromatic carbocycles. The molecule has 2 rings (SSSR count). The summed E-state index contributed by atoms with van der Waals surface area (Å²) in [5.41, 5.74) is 1.25. The Hall–Kier alpha value is -1.35. The zero-order valence-corrected chi connectivity index (χ0v) is 8.10. The van der Waals surface area contributed by atoms with Crippen LogP contribution >= 0.6 is 0 Å². The van der Waals surface area contributed by atoms with Gasteiger partial charge in [0.15, 0.2) is 5.60 Å². The van der Waals surface area contributed by atoms with Gasteiger partial charge in [-0.05, 0) is 6.92 Å². The van der Waals surface area contributed by atoms with Gasteiger partial charge in [-0.3, -0.25) is 0 Å². The molecule has 0 fully saturated rings. The van der Waals surface area contributed by atoms with E-state index in [2.05, 4.69) is 5.16 Å². The molecule has 1 aliphatic heterocycles. The van der Waals surface area contributed by atoms with Crippen LogP contribution in [0, 0.1) is 0 Å². The van der Waals surface area contributed by atoms with Crippen LogP contribution in [0.1, 0.15) is 18.9 Å².